The van der Waals surface area contributed by atoms with E-state index < -0.39 is 39.6 Å². The summed E-state index contributed by atoms with van der Waals surface area (Å²) in [6.07, 6.45) is 17.8. The predicted octanol–water partition coefficient (Wildman–Crippen LogP) is 4.33. The highest BCUT2D eigenvalue weighted by molar-refractivity contribution is 7.88. The van der Waals surface area contributed by atoms with Crippen molar-refractivity contribution in [3.05, 3.63) is 12.2 Å². The molecule has 3 N–H and O–H groups in total. The molecule has 0 spiro atoms. The van der Waals surface area contributed by atoms with Crippen molar-refractivity contribution in [2.45, 2.75) is 108 Å². The van der Waals surface area contributed by atoms with Gasteiger partial charge in [0.2, 0.25) is 5.91 Å². The molecule has 0 aromatic heterocycles. The topological polar surface area (TPSA) is 147 Å². The molecule has 0 aromatic carbocycles. The van der Waals surface area contributed by atoms with E-state index >= 15 is 0 Å². The third-order valence-corrected chi connectivity index (χ3v) is 6.30. The van der Waals surface area contributed by atoms with Crippen LogP contribution in [0.1, 0.15) is 103 Å². The minimum absolute atomic E-state index is 0.0321. The van der Waals surface area contributed by atoms with Gasteiger partial charge in [-0.15, -0.1) is 4.28 Å². The van der Waals surface area contributed by atoms with Gasteiger partial charge in [0.1, 0.15) is 0 Å². The van der Waals surface area contributed by atoms with Crippen molar-refractivity contribution in [1.29, 1.82) is 0 Å². The molecule has 0 saturated carbocycles. The molecule has 32 heavy (non-hydrogen) atoms. The van der Waals surface area contributed by atoms with E-state index in [-0.39, 0.29) is 6.42 Å². The largest absolute Gasteiger partial charge is 0.481 e. The Bertz CT molecular complexity index is 675. The van der Waals surface area contributed by atoms with Crippen LogP contribution in [0.3, 0.4) is 0 Å². The van der Waals surface area contributed by atoms with Crippen LogP contribution >= 0.6 is 0 Å². The summed E-state index contributed by atoms with van der Waals surface area (Å²) in [6, 6.07) is 0. The Balaban J connectivity index is 3.76. The van der Waals surface area contributed by atoms with Gasteiger partial charge in [0.25, 0.3) is 0 Å². The average Bonchev–Trinajstić information content (AvgIpc) is 2.73. The van der Waals surface area contributed by atoms with Gasteiger partial charge in [-0.2, -0.15) is 8.42 Å². The SMILES string of the molecule is CCCCCCCCC=CCCCCCCCC(=O)NOS(=O)(=O)C(CC(=O)O)C(=O)O. The van der Waals surface area contributed by atoms with Crippen LogP contribution in [-0.4, -0.2) is 41.7 Å². The van der Waals surface area contributed by atoms with Crippen molar-refractivity contribution in [2.24, 2.45) is 0 Å². The smallest absolute Gasteiger partial charge is 0.325 e. The fourth-order valence-corrected chi connectivity index (χ4v) is 3.96. The van der Waals surface area contributed by atoms with Crippen LogP contribution in [0.15, 0.2) is 12.2 Å². The van der Waals surface area contributed by atoms with E-state index in [1.54, 1.807) is 5.48 Å². The third-order valence-electron chi connectivity index (χ3n) is 4.92. The first-order valence-corrected chi connectivity index (χ1v) is 13.0. The number of unbranched alkanes of at least 4 members (excludes halogenated alkanes) is 11. The number of aliphatic carboxylic acids is 2. The van der Waals surface area contributed by atoms with E-state index in [4.69, 9.17) is 10.2 Å². The van der Waals surface area contributed by atoms with Gasteiger partial charge in [0.05, 0.1) is 6.42 Å². The number of amides is 1. The van der Waals surface area contributed by atoms with Crippen LogP contribution in [-0.2, 0) is 28.8 Å². The van der Waals surface area contributed by atoms with E-state index in [0.29, 0.717) is 6.42 Å². The van der Waals surface area contributed by atoms with Crippen molar-refractivity contribution in [2.75, 3.05) is 0 Å². The fourth-order valence-electron chi connectivity index (χ4n) is 3.04. The molecule has 0 bridgehead atoms. The normalized spacial score (nSPS) is 12.7. The van der Waals surface area contributed by atoms with Crippen molar-refractivity contribution >= 4 is 28.0 Å². The van der Waals surface area contributed by atoms with Crippen LogP contribution in [0.4, 0.5) is 0 Å². The van der Waals surface area contributed by atoms with Crippen LogP contribution in [0.25, 0.3) is 0 Å². The number of carbonyl (C=O) groups is 3. The number of hydroxylamine groups is 1. The number of carboxylic acids is 2. The Morgan fingerprint density at radius 3 is 1.84 bits per heavy atom. The second-order valence-corrected chi connectivity index (χ2v) is 9.58. The third kappa shape index (κ3) is 16.7. The number of carboxylic acid groups (broad SMARTS) is 2. The van der Waals surface area contributed by atoms with Gasteiger partial charge in [0.15, 0.2) is 5.25 Å². The summed E-state index contributed by atoms with van der Waals surface area (Å²) in [5.74, 6) is -4.17. The van der Waals surface area contributed by atoms with E-state index in [9.17, 15) is 22.8 Å². The number of rotatable bonds is 21. The lowest BCUT2D eigenvalue weighted by atomic mass is 10.1. The second kappa shape index (κ2) is 18.6. The minimum atomic E-state index is -4.79. The molecule has 1 atom stereocenters. The molecule has 0 heterocycles. The lowest BCUT2D eigenvalue weighted by molar-refractivity contribution is -0.143. The highest BCUT2D eigenvalue weighted by Crippen LogP contribution is 2.11. The summed E-state index contributed by atoms with van der Waals surface area (Å²) in [5, 5.41) is 15.1. The number of nitrogens with one attached hydrogen (secondary N) is 1. The summed E-state index contributed by atoms with van der Waals surface area (Å²) >= 11 is 0. The molecule has 0 aliphatic rings. The molecule has 0 fully saturated rings. The second-order valence-electron chi connectivity index (χ2n) is 7.86. The molecule has 0 radical (unpaired) electrons. The average molecular weight is 478 g/mol. The highest BCUT2D eigenvalue weighted by Gasteiger charge is 2.36. The van der Waals surface area contributed by atoms with Gasteiger partial charge < -0.3 is 10.2 Å². The summed E-state index contributed by atoms with van der Waals surface area (Å²) in [7, 11) is -4.79. The Kier molecular flexibility index (Phi) is 17.5. The predicted molar refractivity (Wildman–Crippen MR) is 121 cm³/mol. The highest BCUT2D eigenvalue weighted by atomic mass is 32.2. The van der Waals surface area contributed by atoms with Gasteiger partial charge in [-0.3, -0.25) is 14.4 Å². The molecule has 10 heteroatoms. The number of allylic oxidation sites excluding steroid dienone is 2. The van der Waals surface area contributed by atoms with Crippen LogP contribution < -0.4 is 5.48 Å². The molecular formula is C22H39NO8S. The van der Waals surface area contributed by atoms with Crippen LogP contribution in [0.5, 0.6) is 0 Å². The first-order chi connectivity index (χ1) is 15.2. The van der Waals surface area contributed by atoms with Crippen molar-refractivity contribution in [1.82, 2.24) is 5.48 Å². The monoisotopic (exact) mass is 477 g/mol. The van der Waals surface area contributed by atoms with Crippen LogP contribution in [0.2, 0.25) is 0 Å². The summed E-state index contributed by atoms with van der Waals surface area (Å²) in [4.78, 5) is 33.2. The molecule has 0 aromatic rings. The number of hydrogen-bond donors (Lipinski definition) is 3. The number of hydrogen-bond acceptors (Lipinski definition) is 6. The van der Waals surface area contributed by atoms with E-state index in [2.05, 4.69) is 23.4 Å². The van der Waals surface area contributed by atoms with Crippen molar-refractivity contribution < 1.29 is 37.3 Å². The van der Waals surface area contributed by atoms with Crippen molar-refractivity contribution in [3.63, 3.8) is 0 Å². The molecule has 0 aliphatic heterocycles. The lowest BCUT2D eigenvalue weighted by Gasteiger charge is -2.11. The van der Waals surface area contributed by atoms with Gasteiger partial charge in [-0.1, -0.05) is 70.4 Å². The number of carbonyl (C=O) groups excluding carboxylic acids is 1. The van der Waals surface area contributed by atoms with E-state index in [1.807, 2.05) is 0 Å². The Hall–Kier alpha value is -1.94. The Morgan fingerprint density at radius 1 is 0.844 bits per heavy atom. The minimum Gasteiger partial charge on any atom is -0.481 e. The molecule has 186 valence electrons. The first-order valence-electron chi connectivity index (χ1n) is 11.5. The Morgan fingerprint density at radius 2 is 1.34 bits per heavy atom. The summed E-state index contributed by atoms with van der Waals surface area (Å²) in [6.45, 7) is 2.22. The zero-order valence-electron chi connectivity index (χ0n) is 19.1. The van der Waals surface area contributed by atoms with E-state index in [0.717, 1.165) is 38.5 Å². The zero-order valence-corrected chi connectivity index (χ0v) is 19.9. The van der Waals surface area contributed by atoms with Gasteiger partial charge in [-0.05, 0) is 32.1 Å². The molecular weight excluding hydrogens is 438 g/mol. The van der Waals surface area contributed by atoms with Gasteiger partial charge in [-0.25, -0.2) is 5.48 Å². The zero-order chi connectivity index (χ0) is 24.2. The summed E-state index contributed by atoms with van der Waals surface area (Å²) < 4.78 is 27.7. The fraction of sp³-hybridized carbons (Fsp3) is 0.773. The molecule has 0 aliphatic carbocycles. The Labute approximate surface area is 191 Å². The quantitative estimate of drug-likeness (QED) is 0.126. The molecule has 1 amide bonds. The lowest BCUT2D eigenvalue weighted by Crippen LogP contribution is -2.38. The molecule has 0 saturated heterocycles. The van der Waals surface area contributed by atoms with Gasteiger partial charge >= 0.3 is 22.1 Å². The molecule has 9 nitrogen and oxygen atoms in total. The van der Waals surface area contributed by atoms with Crippen LogP contribution in [0, 0.1) is 0 Å². The maximum atomic E-state index is 11.7. The van der Waals surface area contributed by atoms with Crippen molar-refractivity contribution in [3.8, 4) is 0 Å². The first kappa shape index (κ1) is 30.1. The standard InChI is InChI=1S/C22H39NO8S/c1-2-3-4-5-6-7-8-9-10-11-12-13-14-15-16-17-20(24)23-31-32(29,30)19(22(27)28)18-21(25)26/h9-10,19H,2-8,11-18H2,1H3,(H,23,24)(H,25,26)(H,27,28). The molecule has 1 unspecified atom stereocenters. The van der Waals surface area contributed by atoms with Gasteiger partial charge in [0, 0.05) is 6.42 Å². The maximum Gasteiger partial charge on any atom is 0.325 e. The maximum absolute atomic E-state index is 11.7. The summed E-state index contributed by atoms with van der Waals surface area (Å²) in [5.41, 5.74) is 1.69. The van der Waals surface area contributed by atoms with E-state index in [1.165, 1.54) is 38.5 Å². The molecule has 0 rings (SSSR count).